The van der Waals surface area contributed by atoms with Gasteiger partial charge >= 0.3 is 0 Å². The van der Waals surface area contributed by atoms with Gasteiger partial charge in [0.1, 0.15) is 23.2 Å². The summed E-state index contributed by atoms with van der Waals surface area (Å²) in [5.41, 5.74) is 4.94. The standard InChI is InChI=1S/C33H31ClFN7O3/c1-19-37-32(40-39-19)27-15-26-28(16-36-27)42(17-22-10-13-43-22)30(38-26)18-41-11-8-20(9-12-41)23-4-3-5-29-31(23)45-33(2,44-29)24-7-6-21(34)14-25(24)35/h3-8,14-16,22H,9-13,17-18H2,1-2H3,(H,37,39,40). The van der Waals surface area contributed by atoms with Crippen molar-refractivity contribution in [2.45, 2.75) is 51.7 Å². The number of nitrogens with zero attached hydrogens (tertiary/aromatic N) is 6. The highest BCUT2D eigenvalue weighted by Gasteiger charge is 2.42. The van der Waals surface area contributed by atoms with Crippen molar-refractivity contribution in [1.82, 2.24) is 34.6 Å². The van der Waals surface area contributed by atoms with Gasteiger partial charge in [0, 0.05) is 37.2 Å². The molecule has 2 unspecified atom stereocenters. The predicted octanol–water partition coefficient (Wildman–Crippen LogP) is 6.04. The molecule has 0 saturated carbocycles. The Morgan fingerprint density at radius 2 is 2.04 bits per heavy atom. The maximum atomic E-state index is 14.9. The van der Waals surface area contributed by atoms with E-state index in [1.807, 2.05) is 37.4 Å². The molecular formula is C33H31ClFN7O3. The van der Waals surface area contributed by atoms with E-state index in [0.717, 1.165) is 67.3 Å². The van der Waals surface area contributed by atoms with Crippen LogP contribution in [0.4, 0.5) is 4.39 Å². The van der Waals surface area contributed by atoms with E-state index in [9.17, 15) is 4.39 Å². The minimum Gasteiger partial charge on any atom is -0.444 e. The Kier molecular flexibility index (Phi) is 6.85. The Balaban J connectivity index is 1.04. The van der Waals surface area contributed by atoms with Crippen molar-refractivity contribution < 1.29 is 18.6 Å². The molecule has 0 radical (unpaired) electrons. The fourth-order valence-electron chi connectivity index (χ4n) is 6.26. The molecule has 0 bridgehead atoms. The van der Waals surface area contributed by atoms with Gasteiger partial charge in [-0.2, -0.15) is 5.10 Å². The van der Waals surface area contributed by atoms with E-state index in [0.29, 0.717) is 40.1 Å². The lowest BCUT2D eigenvalue weighted by Crippen LogP contribution is -2.33. The average Bonchev–Trinajstić information content (AvgIpc) is 3.69. The first-order chi connectivity index (χ1) is 21.8. The van der Waals surface area contributed by atoms with Crippen LogP contribution in [0.15, 0.2) is 54.7 Å². The summed E-state index contributed by atoms with van der Waals surface area (Å²) in [5, 5.41) is 7.47. The number of rotatable bonds is 7. The smallest absolute Gasteiger partial charge is 0.278 e. The molecule has 1 fully saturated rings. The van der Waals surface area contributed by atoms with Gasteiger partial charge in [-0.15, -0.1) is 0 Å². The second kappa shape index (κ2) is 10.9. The third kappa shape index (κ3) is 5.14. The zero-order valence-corrected chi connectivity index (χ0v) is 25.6. The lowest BCUT2D eigenvalue weighted by Gasteiger charge is -2.29. The van der Waals surface area contributed by atoms with Crippen LogP contribution in [0.1, 0.15) is 42.5 Å². The summed E-state index contributed by atoms with van der Waals surface area (Å²) < 4.78 is 35.4. The highest BCUT2D eigenvalue weighted by molar-refractivity contribution is 6.30. The van der Waals surface area contributed by atoms with Crippen LogP contribution in [0.2, 0.25) is 5.02 Å². The summed E-state index contributed by atoms with van der Waals surface area (Å²) in [5.74, 6) is 1.72. The average molecular weight is 628 g/mol. The lowest BCUT2D eigenvalue weighted by atomic mass is 9.98. The normalized spacial score (nSPS) is 21.2. The second-order valence-corrected chi connectivity index (χ2v) is 12.3. The highest BCUT2D eigenvalue weighted by Crippen LogP contribution is 2.49. The predicted molar refractivity (Wildman–Crippen MR) is 166 cm³/mol. The fraction of sp³-hybridized carbons (Fsp3) is 0.333. The van der Waals surface area contributed by atoms with Crippen molar-refractivity contribution in [2.24, 2.45) is 0 Å². The first kappa shape index (κ1) is 28.2. The number of aryl methyl sites for hydroxylation is 1. The zero-order valence-electron chi connectivity index (χ0n) is 24.9. The van der Waals surface area contributed by atoms with Gasteiger partial charge in [0.15, 0.2) is 17.3 Å². The molecule has 1 N–H and O–H groups in total. The quantitative estimate of drug-likeness (QED) is 0.233. The number of aromatic nitrogens is 6. The number of para-hydroxylation sites is 1. The molecule has 2 atom stereocenters. The molecule has 1 saturated heterocycles. The van der Waals surface area contributed by atoms with Gasteiger partial charge in [-0.3, -0.25) is 15.0 Å². The van der Waals surface area contributed by atoms with Crippen molar-refractivity contribution in [3.63, 3.8) is 0 Å². The van der Waals surface area contributed by atoms with Gasteiger partial charge in [-0.1, -0.05) is 29.8 Å². The summed E-state index contributed by atoms with van der Waals surface area (Å²) in [7, 11) is 0. The number of nitrogens with one attached hydrogen (secondary N) is 1. The topological polar surface area (TPSA) is 103 Å². The molecule has 0 spiro atoms. The molecule has 10 nitrogen and oxygen atoms in total. The van der Waals surface area contributed by atoms with E-state index < -0.39 is 11.6 Å². The molecule has 6 heterocycles. The molecule has 0 aliphatic carbocycles. The second-order valence-electron chi connectivity index (χ2n) is 11.8. The number of ether oxygens (including phenoxy) is 3. The van der Waals surface area contributed by atoms with Crippen LogP contribution in [0, 0.1) is 12.7 Å². The number of hydrogen-bond donors (Lipinski definition) is 1. The van der Waals surface area contributed by atoms with Crippen molar-refractivity contribution >= 4 is 28.2 Å². The Bertz CT molecular complexity index is 1970. The first-order valence-corrected chi connectivity index (χ1v) is 15.5. The third-order valence-electron chi connectivity index (χ3n) is 8.72. The summed E-state index contributed by atoms with van der Waals surface area (Å²) >= 11 is 5.99. The van der Waals surface area contributed by atoms with Gasteiger partial charge in [0.2, 0.25) is 0 Å². The molecule has 3 aromatic heterocycles. The SMILES string of the molecule is Cc1nc(-c2cc3nc(CN4CC=C(c5cccc6c5OC(C)(c5ccc(Cl)cc5F)O6)CC4)n(CC4CCO4)c3cn2)n[nH]1. The Morgan fingerprint density at radius 3 is 2.78 bits per heavy atom. The molecule has 5 aromatic rings. The number of fused-ring (bicyclic) bond motifs is 2. The summed E-state index contributed by atoms with van der Waals surface area (Å²) in [4.78, 5) is 16.5. The minimum atomic E-state index is -1.29. The summed E-state index contributed by atoms with van der Waals surface area (Å²) in [6.07, 6.45) is 6.12. The zero-order chi connectivity index (χ0) is 30.7. The molecule has 3 aliphatic heterocycles. The van der Waals surface area contributed by atoms with Gasteiger partial charge in [-0.05, 0) is 55.7 Å². The van der Waals surface area contributed by atoms with E-state index in [1.165, 1.54) is 11.6 Å². The number of pyridine rings is 1. The molecule has 12 heteroatoms. The van der Waals surface area contributed by atoms with E-state index in [-0.39, 0.29) is 6.10 Å². The largest absolute Gasteiger partial charge is 0.444 e. The van der Waals surface area contributed by atoms with Gasteiger partial charge in [0.25, 0.3) is 5.79 Å². The minimum absolute atomic E-state index is 0.179. The number of hydrogen-bond acceptors (Lipinski definition) is 8. The number of halogens is 2. The van der Waals surface area contributed by atoms with Crippen molar-refractivity contribution in [3.05, 3.63) is 88.4 Å². The summed E-state index contributed by atoms with van der Waals surface area (Å²) in [6, 6.07) is 12.3. The molecule has 0 amide bonds. The van der Waals surface area contributed by atoms with Gasteiger partial charge < -0.3 is 18.8 Å². The van der Waals surface area contributed by atoms with Crippen LogP contribution in [-0.4, -0.2) is 60.4 Å². The fourth-order valence-corrected chi connectivity index (χ4v) is 6.42. The van der Waals surface area contributed by atoms with E-state index >= 15 is 0 Å². The van der Waals surface area contributed by atoms with Gasteiger partial charge in [0.05, 0.1) is 42.0 Å². The maximum Gasteiger partial charge on any atom is 0.278 e. The molecule has 3 aliphatic rings. The van der Waals surface area contributed by atoms with Crippen molar-refractivity contribution in [2.75, 3.05) is 19.7 Å². The number of H-pyrrole nitrogens is 1. The van der Waals surface area contributed by atoms with Crippen LogP contribution in [0.25, 0.3) is 28.1 Å². The number of benzene rings is 2. The summed E-state index contributed by atoms with van der Waals surface area (Å²) in [6.45, 7) is 7.39. The highest BCUT2D eigenvalue weighted by atomic mass is 35.5. The monoisotopic (exact) mass is 627 g/mol. The molecule has 230 valence electrons. The molecule has 8 rings (SSSR count). The first-order valence-electron chi connectivity index (χ1n) is 15.1. The van der Waals surface area contributed by atoms with Crippen molar-refractivity contribution in [1.29, 1.82) is 0 Å². The van der Waals surface area contributed by atoms with Crippen LogP contribution >= 0.6 is 11.6 Å². The molecule has 2 aromatic carbocycles. The molecular weight excluding hydrogens is 597 g/mol. The van der Waals surface area contributed by atoms with Crippen LogP contribution in [0.3, 0.4) is 0 Å². The van der Waals surface area contributed by atoms with Crippen molar-refractivity contribution in [3.8, 4) is 23.0 Å². The lowest BCUT2D eigenvalue weighted by molar-refractivity contribution is -0.0708. The van der Waals surface area contributed by atoms with Crippen LogP contribution in [-0.2, 0) is 23.6 Å². The van der Waals surface area contributed by atoms with E-state index in [1.54, 1.807) is 19.1 Å². The Morgan fingerprint density at radius 1 is 1.16 bits per heavy atom. The number of imidazole rings is 1. The van der Waals surface area contributed by atoms with Crippen LogP contribution in [0.5, 0.6) is 11.5 Å². The third-order valence-corrected chi connectivity index (χ3v) is 8.96. The van der Waals surface area contributed by atoms with E-state index in [2.05, 4.69) is 35.7 Å². The Hall–Kier alpha value is -4.32. The molecule has 45 heavy (non-hydrogen) atoms. The van der Waals surface area contributed by atoms with Gasteiger partial charge in [-0.25, -0.2) is 14.4 Å². The van der Waals surface area contributed by atoms with E-state index in [4.69, 9.17) is 30.8 Å². The maximum absolute atomic E-state index is 14.9. The Labute approximate surface area is 263 Å². The number of aromatic amines is 1. The van der Waals surface area contributed by atoms with Crippen LogP contribution < -0.4 is 9.47 Å².